The molecule has 0 spiro atoms. The summed E-state index contributed by atoms with van der Waals surface area (Å²) in [5, 5.41) is 11.5. The molecule has 11 heteroatoms. The molecule has 1 aliphatic heterocycles. The third kappa shape index (κ3) is 5.56. The van der Waals surface area contributed by atoms with Gasteiger partial charge in [0.25, 0.3) is 5.91 Å². The molecule has 5 rings (SSSR count). The van der Waals surface area contributed by atoms with Crippen molar-refractivity contribution in [1.82, 2.24) is 20.2 Å². The maximum atomic E-state index is 14.2. The van der Waals surface area contributed by atoms with Crippen molar-refractivity contribution < 1.29 is 22.4 Å². The molecule has 1 aliphatic carbocycles. The van der Waals surface area contributed by atoms with E-state index in [2.05, 4.69) is 31.2 Å². The van der Waals surface area contributed by atoms with Crippen LogP contribution in [0.4, 0.5) is 23.2 Å². The number of hydrogen-bond donors (Lipinski definition) is 1. The lowest BCUT2D eigenvalue weighted by molar-refractivity contribution is -0.133. The smallest absolute Gasteiger partial charge is 0.315 e. The van der Waals surface area contributed by atoms with E-state index in [9.17, 15) is 22.4 Å². The maximum absolute atomic E-state index is 14.2. The Hall–Kier alpha value is -4.04. The molecule has 3 heterocycles. The number of carbonyl (C=O) groups is 1. The summed E-state index contributed by atoms with van der Waals surface area (Å²) in [6.07, 6.45) is 2.86. The van der Waals surface area contributed by atoms with Gasteiger partial charge in [0.05, 0.1) is 23.1 Å². The molecule has 202 valence electrons. The Kier molecular flexibility index (Phi) is 7.48. The van der Waals surface area contributed by atoms with Crippen LogP contribution in [0.1, 0.15) is 35.2 Å². The molecule has 3 aromatic rings. The normalized spacial score (nSPS) is 17.5. The molecule has 2 aromatic heterocycles. The number of carbonyl (C=O) groups excluding carboxylic acids is 1. The van der Waals surface area contributed by atoms with Gasteiger partial charge in [-0.15, -0.1) is 0 Å². The highest BCUT2D eigenvalue weighted by molar-refractivity contribution is 5.81. The van der Waals surface area contributed by atoms with Crippen LogP contribution in [0, 0.1) is 28.9 Å². The molecule has 0 radical (unpaired) electrons. The molecule has 1 saturated carbocycles. The van der Waals surface area contributed by atoms with Crippen molar-refractivity contribution >= 4 is 11.6 Å². The van der Waals surface area contributed by atoms with Gasteiger partial charge in [-0.05, 0) is 54.2 Å². The van der Waals surface area contributed by atoms with E-state index < -0.39 is 29.5 Å². The molecule has 1 N–H and O–H groups in total. The first-order valence-corrected chi connectivity index (χ1v) is 12.6. The van der Waals surface area contributed by atoms with Crippen LogP contribution in [0.2, 0.25) is 0 Å². The number of aromatic nitrogens is 2. The predicted molar refractivity (Wildman–Crippen MR) is 135 cm³/mol. The van der Waals surface area contributed by atoms with Gasteiger partial charge < -0.3 is 10.2 Å². The Balaban J connectivity index is 1.34. The summed E-state index contributed by atoms with van der Waals surface area (Å²) in [7, 11) is 0. The van der Waals surface area contributed by atoms with E-state index in [0.29, 0.717) is 30.6 Å². The molecule has 1 aromatic carbocycles. The number of nitrogens with one attached hydrogen (secondary N) is 1. The number of rotatable bonds is 8. The Morgan fingerprint density at radius 2 is 1.82 bits per heavy atom. The summed E-state index contributed by atoms with van der Waals surface area (Å²) in [5.74, 6) is -3.98. The molecule has 1 saturated heterocycles. The number of hydrogen-bond acceptors (Lipinski definition) is 6. The number of nitriles is 1. The largest absolute Gasteiger partial charge is 0.368 e. The molecule has 7 nitrogen and oxygen atoms in total. The van der Waals surface area contributed by atoms with E-state index in [4.69, 9.17) is 5.26 Å². The fourth-order valence-corrected chi connectivity index (χ4v) is 5.17. The molecule has 1 amide bonds. The summed E-state index contributed by atoms with van der Waals surface area (Å²) >= 11 is 0. The lowest BCUT2D eigenvalue weighted by atomic mass is 9.81. The van der Waals surface area contributed by atoms with Gasteiger partial charge in [-0.3, -0.25) is 19.7 Å². The van der Waals surface area contributed by atoms with Crippen molar-refractivity contribution in [2.45, 2.75) is 31.4 Å². The fourth-order valence-electron chi connectivity index (χ4n) is 5.17. The summed E-state index contributed by atoms with van der Waals surface area (Å²) in [6, 6.07) is 10.6. The van der Waals surface area contributed by atoms with Crippen LogP contribution >= 0.6 is 0 Å². The average molecular weight is 539 g/mol. The van der Waals surface area contributed by atoms with E-state index in [1.165, 1.54) is 12.3 Å². The standard InChI is InChI=1S/C28H26F4N6O/c29-23-5-4-21(12-24(23)30)28(20-2-3-20,36-27(39)26(31)32)25-6-1-18(15-35-25)17-37-7-9-38(10-8-37)22-11-19(13-33)14-34-16-22/h1,4-6,11-12,14-16,20,26H,2-3,7-10,17H2,(H,36,39). The van der Waals surface area contributed by atoms with Gasteiger partial charge in [-0.1, -0.05) is 12.1 Å². The zero-order valence-corrected chi connectivity index (χ0v) is 21.0. The summed E-state index contributed by atoms with van der Waals surface area (Å²) in [5.41, 5.74) is 1.26. The van der Waals surface area contributed by atoms with Crippen LogP contribution in [0.5, 0.6) is 0 Å². The number of piperazine rings is 1. The van der Waals surface area contributed by atoms with Crippen LogP contribution in [-0.4, -0.2) is 53.4 Å². The van der Waals surface area contributed by atoms with E-state index in [-0.39, 0.29) is 11.5 Å². The minimum Gasteiger partial charge on any atom is -0.368 e. The van der Waals surface area contributed by atoms with Crippen LogP contribution in [0.3, 0.4) is 0 Å². The first kappa shape index (κ1) is 26.6. The van der Waals surface area contributed by atoms with Crippen LogP contribution in [0.25, 0.3) is 0 Å². The third-order valence-corrected chi connectivity index (χ3v) is 7.31. The number of halogens is 4. The van der Waals surface area contributed by atoms with Crippen molar-refractivity contribution in [3.8, 4) is 6.07 Å². The van der Waals surface area contributed by atoms with Gasteiger partial charge in [0.2, 0.25) is 0 Å². The number of pyridine rings is 2. The average Bonchev–Trinajstić information content (AvgIpc) is 3.80. The summed E-state index contributed by atoms with van der Waals surface area (Å²) in [6.45, 7) is 3.64. The minimum atomic E-state index is -3.27. The topological polar surface area (TPSA) is 85.2 Å². The monoisotopic (exact) mass is 538 g/mol. The Morgan fingerprint density at radius 3 is 2.44 bits per heavy atom. The molecule has 1 atom stereocenters. The van der Waals surface area contributed by atoms with Crippen LogP contribution in [-0.2, 0) is 16.9 Å². The minimum absolute atomic E-state index is 0.171. The second-order valence-electron chi connectivity index (χ2n) is 9.86. The number of alkyl halides is 2. The summed E-state index contributed by atoms with van der Waals surface area (Å²) < 4.78 is 54.6. The Labute approximate surface area is 223 Å². The number of benzene rings is 1. The first-order chi connectivity index (χ1) is 18.8. The quantitative estimate of drug-likeness (QED) is 0.437. The van der Waals surface area contributed by atoms with E-state index in [1.807, 2.05) is 12.1 Å². The van der Waals surface area contributed by atoms with Crippen molar-refractivity contribution in [3.63, 3.8) is 0 Å². The zero-order valence-electron chi connectivity index (χ0n) is 21.0. The highest BCUT2D eigenvalue weighted by Gasteiger charge is 2.51. The van der Waals surface area contributed by atoms with E-state index in [0.717, 1.165) is 49.6 Å². The second-order valence-corrected chi connectivity index (χ2v) is 9.86. The lowest BCUT2D eigenvalue weighted by Gasteiger charge is -2.36. The molecular weight excluding hydrogens is 512 g/mol. The SMILES string of the molecule is N#Cc1cncc(N2CCN(Cc3ccc(C(NC(=O)C(F)F)(c4ccc(F)c(F)c4)C4CC4)nc3)CC2)c1. The molecule has 0 bridgehead atoms. The third-order valence-electron chi connectivity index (χ3n) is 7.31. The van der Waals surface area contributed by atoms with Gasteiger partial charge in [0, 0.05) is 45.1 Å². The Bertz CT molecular complexity index is 1380. The van der Waals surface area contributed by atoms with Crippen LogP contribution in [0.15, 0.2) is 55.0 Å². The number of nitrogens with zero attached hydrogens (tertiary/aromatic N) is 5. The lowest BCUT2D eigenvalue weighted by Crippen LogP contribution is -2.51. The van der Waals surface area contributed by atoms with E-state index >= 15 is 0 Å². The van der Waals surface area contributed by atoms with Gasteiger partial charge >= 0.3 is 6.43 Å². The van der Waals surface area contributed by atoms with Crippen molar-refractivity contribution in [2.24, 2.45) is 5.92 Å². The van der Waals surface area contributed by atoms with E-state index in [1.54, 1.807) is 18.5 Å². The number of amides is 1. The Morgan fingerprint density at radius 1 is 1.05 bits per heavy atom. The highest BCUT2D eigenvalue weighted by atomic mass is 19.3. The molecule has 2 fully saturated rings. The van der Waals surface area contributed by atoms with Crippen LogP contribution < -0.4 is 10.2 Å². The zero-order chi connectivity index (χ0) is 27.6. The van der Waals surface area contributed by atoms with Crippen molar-refractivity contribution in [1.29, 1.82) is 5.26 Å². The highest BCUT2D eigenvalue weighted by Crippen LogP contribution is 2.49. The molecule has 1 unspecified atom stereocenters. The molecule has 39 heavy (non-hydrogen) atoms. The fraction of sp³-hybridized carbons (Fsp3) is 0.357. The van der Waals surface area contributed by atoms with Gasteiger partial charge in [-0.25, -0.2) is 8.78 Å². The molecule has 2 aliphatic rings. The van der Waals surface area contributed by atoms with Gasteiger partial charge in [0.15, 0.2) is 11.6 Å². The predicted octanol–water partition coefficient (Wildman–Crippen LogP) is 3.98. The number of anilines is 1. The van der Waals surface area contributed by atoms with Gasteiger partial charge in [0.1, 0.15) is 11.6 Å². The first-order valence-electron chi connectivity index (χ1n) is 12.6. The van der Waals surface area contributed by atoms with Gasteiger partial charge in [-0.2, -0.15) is 14.0 Å². The van der Waals surface area contributed by atoms with Crippen molar-refractivity contribution in [2.75, 3.05) is 31.1 Å². The molecular formula is C28H26F4N6O. The maximum Gasteiger partial charge on any atom is 0.315 e. The second kappa shape index (κ2) is 11.0. The summed E-state index contributed by atoms with van der Waals surface area (Å²) in [4.78, 5) is 25.3. The van der Waals surface area contributed by atoms with Crippen molar-refractivity contribution in [3.05, 3.63) is 89.0 Å².